The Bertz CT molecular complexity index is 1490. The molecule has 1 saturated heterocycles. The number of nitrogens with zero attached hydrogens (tertiary/aromatic N) is 1. The predicted octanol–water partition coefficient (Wildman–Crippen LogP) is 7.03. The molecule has 3 aliphatic rings. The smallest absolute Gasteiger partial charge is 0.407 e. The van der Waals surface area contributed by atoms with Crippen molar-refractivity contribution in [3.8, 4) is 0 Å². The molecule has 2 saturated carbocycles. The number of alkyl carbamates (subject to hydrolysis) is 1. The van der Waals surface area contributed by atoms with Crippen molar-refractivity contribution in [2.45, 2.75) is 116 Å². The zero-order valence-electron chi connectivity index (χ0n) is 30.1. The summed E-state index contributed by atoms with van der Waals surface area (Å²) >= 11 is 0. The molecule has 3 fully saturated rings. The van der Waals surface area contributed by atoms with E-state index in [4.69, 9.17) is 18.6 Å². The molecular weight excluding hydrogens is 645 g/mol. The van der Waals surface area contributed by atoms with Crippen LogP contribution in [0, 0.1) is 23.7 Å². The van der Waals surface area contributed by atoms with Gasteiger partial charge in [-0.05, 0) is 102 Å². The van der Waals surface area contributed by atoms with Gasteiger partial charge in [-0.3, -0.25) is 9.59 Å². The number of alkyl halides is 1. The number of benzene rings is 1. The Hall–Kier alpha value is -3.67. The number of hydrogen-bond donors (Lipinski definition) is 2. The van der Waals surface area contributed by atoms with Gasteiger partial charge in [0, 0.05) is 30.6 Å². The second-order valence-corrected chi connectivity index (χ2v) is 15.3. The first kappa shape index (κ1) is 37.6. The highest BCUT2D eigenvalue weighted by Gasteiger charge is 2.47. The molecule has 0 bridgehead atoms. The molecule has 2 N–H and O–H groups in total. The van der Waals surface area contributed by atoms with Crippen LogP contribution in [0.1, 0.15) is 102 Å². The van der Waals surface area contributed by atoms with Crippen molar-refractivity contribution in [1.29, 1.82) is 0 Å². The van der Waals surface area contributed by atoms with Gasteiger partial charge in [0.15, 0.2) is 0 Å². The van der Waals surface area contributed by atoms with Gasteiger partial charge >= 0.3 is 12.1 Å². The number of ether oxygens (including phenoxy) is 3. The van der Waals surface area contributed by atoms with E-state index in [-0.39, 0.29) is 48.0 Å². The molecule has 1 aromatic heterocycles. The highest BCUT2D eigenvalue weighted by molar-refractivity contribution is 6.00. The number of fused-ring (bicyclic) bond motifs is 1. The monoisotopic (exact) mass is 699 g/mol. The molecule has 11 nitrogen and oxygen atoms in total. The van der Waals surface area contributed by atoms with Crippen molar-refractivity contribution in [2.24, 2.45) is 23.7 Å². The lowest BCUT2D eigenvalue weighted by Gasteiger charge is -2.37. The van der Waals surface area contributed by atoms with Crippen LogP contribution in [0.2, 0.25) is 0 Å². The van der Waals surface area contributed by atoms with Crippen molar-refractivity contribution in [3.63, 3.8) is 0 Å². The number of halogens is 1. The standard InChI is InChI=1S/C38H54FN3O8/c1-23(47-5)22-48-36(45)32-20-27-19-28(15-16-31(27)49-32)40-34(43)33-29(24-9-7-6-8-10-24)17-18-42(33)35(44)26-13-11-25(12-14-26)30(21-39)41-37(46)50-38(2,3)4/h15-16,19-20,23-26,29-30,33H,6-14,17-18,21-22H2,1-5H3,(H,40,43)(H,41,46)/t23-,25-,26-,29-,30+,33-/m0/s1. The maximum Gasteiger partial charge on any atom is 0.407 e. The molecular formula is C38H54FN3O8. The minimum absolute atomic E-state index is 0.0185. The Labute approximate surface area is 294 Å². The van der Waals surface area contributed by atoms with Crippen LogP contribution in [-0.2, 0) is 23.8 Å². The fourth-order valence-corrected chi connectivity index (χ4v) is 7.97. The SMILES string of the molecule is CO[C@@H](C)COC(=O)c1cc2cc(NC(=O)[C@@H]3[C@H](C4CCCCC4)CCN3C(=O)[C@H]3CC[C@H]([C@@H](CF)NC(=O)OC(C)(C)C)CC3)ccc2o1. The van der Waals surface area contributed by atoms with Crippen molar-refractivity contribution in [1.82, 2.24) is 10.2 Å². The highest BCUT2D eigenvalue weighted by atomic mass is 19.1. The second-order valence-electron chi connectivity index (χ2n) is 15.3. The Balaban J connectivity index is 1.26. The van der Waals surface area contributed by atoms with E-state index < -0.39 is 36.4 Å². The summed E-state index contributed by atoms with van der Waals surface area (Å²) < 4.78 is 35.5. The third-order valence-electron chi connectivity index (χ3n) is 10.6. The maximum atomic E-state index is 14.2. The summed E-state index contributed by atoms with van der Waals surface area (Å²) in [6, 6.07) is 5.52. The van der Waals surface area contributed by atoms with Gasteiger partial charge in [-0.2, -0.15) is 0 Å². The van der Waals surface area contributed by atoms with Crippen molar-refractivity contribution < 1.29 is 42.2 Å². The Kier molecular flexibility index (Phi) is 12.5. The number of methoxy groups -OCH3 is 1. The number of amides is 3. The third kappa shape index (κ3) is 9.35. The van der Waals surface area contributed by atoms with Crippen LogP contribution in [0.15, 0.2) is 28.7 Å². The van der Waals surface area contributed by atoms with Gasteiger partial charge in [0.25, 0.3) is 0 Å². The molecule has 1 aliphatic heterocycles. The van der Waals surface area contributed by atoms with Gasteiger partial charge in [0.05, 0.1) is 12.1 Å². The molecule has 276 valence electrons. The summed E-state index contributed by atoms with van der Waals surface area (Å²) in [5, 5.41) is 6.41. The fourth-order valence-electron chi connectivity index (χ4n) is 7.97. The number of carbonyl (C=O) groups is 4. The molecule has 0 unspecified atom stereocenters. The number of furan rings is 1. The van der Waals surface area contributed by atoms with Crippen LogP contribution in [0.4, 0.5) is 14.9 Å². The van der Waals surface area contributed by atoms with E-state index in [1.165, 1.54) is 6.42 Å². The number of hydrogen-bond acceptors (Lipinski definition) is 8. The minimum Gasteiger partial charge on any atom is -0.457 e. The van der Waals surface area contributed by atoms with Crippen molar-refractivity contribution in [2.75, 3.05) is 32.3 Å². The number of likely N-dealkylation sites (tertiary alicyclic amines) is 1. The van der Waals surface area contributed by atoms with Gasteiger partial charge in [-0.25, -0.2) is 14.0 Å². The molecule has 5 rings (SSSR count). The zero-order valence-corrected chi connectivity index (χ0v) is 30.1. The topological polar surface area (TPSA) is 136 Å². The fraction of sp³-hybridized carbons (Fsp3) is 0.684. The largest absolute Gasteiger partial charge is 0.457 e. The predicted molar refractivity (Wildman–Crippen MR) is 186 cm³/mol. The van der Waals surface area contributed by atoms with Gasteiger partial charge in [0.1, 0.15) is 30.5 Å². The maximum absolute atomic E-state index is 14.2. The number of rotatable bonds is 11. The molecule has 0 radical (unpaired) electrons. The van der Waals surface area contributed by atoms with Crippen LogP contribution >= 0.6 is 0 Å². The first-order valence-electron chi connectivity index (χ1n) is 18.3. The van der Waals surface area contributed by atoms with Gasteiger partial charge in [-0.15, -0.1) is 0 Å². The Morgan fingerprint density at radius 2 is 1.72 bits per heavy atom. The van der Waals surface area contributed by atoms with Crippen LogP contribution in [-0.4, -0.2) is 79.5 Å². The highest BCUT2D eigenvalue weighted by Crippen LogP contribution is 2.41. The molecule has 3 amide bonds. The van der Waals surface area contributed by atoms with Gasteiger partial charge in [-0.1, -0.05) is 32.1 Å². The number of nitrogens with one attached hydrogen (secondary N) is 2. The lowest BCUT2D eigenvalue weighted by atomic mass is 9.76. The molecule has 2 aromatic rings. The summed E-state index contributed by atoms with van der Waals surface area (Å²) in [5.41, 5.74) is 0.352. The van der Waals surface area contributed by atoms with Crippen LogP contribution in [0.3, 0.4) is 0 Å². The molecule has 1 aromatic carbocycles. The van der Waals surface area contributed by atoms with E-state index in [1.807, 2.05) is 0 Å². The van der Waals surface area contributed by atoms with E-state index in [2.05, 4.69) is 10.6 Å². The molecule has 12 heteroatoms. The van der Waals surface area contributed by atoms with Crippen LogP contribution in [0.25, 0.3) is 11.0 Å². The van der Waals surface area contributed by atoms with Crippen LogP contribution in [0.5, 0.6) is 0 Å². The Morgan fingerprint density at radius 3 is 2.38 bits per heavy atom. The molecule has 2 aliphatic carbocycles. The zero-order chi connectivity index (χ0) is 36.0. The quantitative estimate of drug-likeness (QED) is 0.239. The van der Waals surface area contributed by atoms with Gasteiger partial charge in [0.2, 0.25) is 17.6 Å². The second kappa shape index (κ2) is 16.6. The minimum atomic E-state index is -0.705. The molecule has 0 spiro atoms. The van der Waals surface area contributed by atoms with E-state index in [0.717, 1.165) is 32.1 Å². The van der Waals surface area contributed by atoms with E-state index >= 15 is 0 Å². The summed E-state index contributed by atoms with van der Waals surface area (Å²) in [5.74, 6) is -0.685. The normalized spacial score (nSPS) is 24.4. The average molecular weight is 700 g/mol. The summed E-state index contributed by atoms with van der Waals surface area (Å²) in [6.07, 6.45) is 7.80. The number of carbonyl (C=O) groups excluding carboxylic acids is 4. The first-order valence-corrected chi connectivity index (χ1v) is 18.3. The molecule has 4 atom stereocenters. The first-order chi connectivity index (χ1) is 23.9. The molecule has 50 heavy (non-hydrogen) atoms. The van der Waals surface area contributed by atoms with Crippen molar-refractivity contribution >= 4 is 40.5 Å². The van der Waals surface area contributed by atoms with E-state index in [1.54, 1.807) is 64.0 Å². The molecule has 2 heterocycles. The summed E-state index contributed by atoms with van der Waals surface area (Å²) in [7, 11) is 1.54. The van der Waals surface area contributed by atoms with E-state index in [9.17, 15) is 23.6 Å². The van der Waals surface area contributed by atoms with Crippen LogP contribution < -0.4 is 10.6 Å². The lowest BCUT2D eigenvalue weighted by Crippen LogP contribution is -2.50. The summed E-state index contributed by atoms with van der Waals surface area (Å²) in [4.78, 5) is 55.0. The number of anilines is 1. The average Bonchev–Trinajstić information content (AvgIpc) is 3.74. The summed E-state index contributed by atoms with van der Waals surface area (Å²) in [6.45, 7) is 7.00. The number of esters is 1. The van der Waals surface area contributed by atoms with E-state index in [0.29, 0.717) is 54.8 Å². The lowest BCUT2D eigenvalue weighted by molar-refractivity contribution is -0.142. The van der Waals surface area contributed by atoms with Crippen molar-refractivity contribution in [3.05, 3.63) is 30.0 Å². The Morgan fingerprint density at radius 1 is 1.00 bits per heavy atom. The third-order valence-corrected chi connectivity index (χ3v) is 10.6. The van der Waals surface area contributed by atoms with Gasteiger partial charge < -0.3 is 34.2 Å².